The molecule has 5 aliphatic rings. The van der Waals surface area contributed by atoms with E-state index in [0.717, 1.165) is 35.6 Å². The quantitative estimate of drug-likeness (QED) is 0.533. The van der Waals surface area contributed by atoms with E-state index >= 15 is 0 Å². The summed E-state index contributed by atoms with van der Waals surface area (Å²) in [5.74, 6) is 1.46. The second-order valence-electron chi connectivity index (χ2n) is 12.2. The first-order valence-electron chi connectivity index (χ1n) is 13.7. The van der Waals surface area contributed by atoms with Crippen LogP contribution in [0.25, 0.3) is 0 Å². The van der Waals surface area contributed by atoms with Gasteiger partial charge in [0.15, 0.2) is 0 Å². The Morgan fingerprint density at radius 3 is 2.62 bits per heavy atom. The number of halogens is 2. The number of piperidine rings is 1. The largest absolute Gasteiger partial charge is 0.461 e. The Balaban J connectivity index is 1.18. The lowest BCUT2D eigenvalue weighted by molar-refractivity contribution is 0.0160. The summed E-state index contributed by atoms with van der Waals surface area (Å²) in [7, 11) is 0. The molecular weight excluding hydrogens is 558 g/mol. The minimum Gasteiger partial charge on any atom is -0.461 e. The molecule has 4 saturated heterocycles. The lowest BCUT2D eigenvalue weighted by atomic mass is 9.88. The van der Waals surface area contributed by atoms with Crippen LogP contribution in [0.1, 0.15) is 48.6 Å². The third-order valence-electron chi connectivity index (χ3n) is 8.95. The van der Waals surface area contributed by atoms with Gasteiger partial charge in [-0.2, -0.15) is 20.2 Å². The number of aromatic nitrogens is 3. The molecule has 10 nitrogen and oxygen atoms in total. The molecule has 14 heteroatoms. The number of rotatable bonds is 5. The van der Waals surface area contributed by atoms with Gasteiger partial charge in [0.25, 0.3) is 0 Å². The Labute approximate surface area is 239 Å². The van der Waals surface area contributed by atoms with Crippen LogP contribution in [0.5, 0.6) is 6.01 Å². The van der Waals surface area contributed by atoms with Crippen LogP contribution in [0, 0.1) is 11.3 Å². The first kappa shape index (κ1) is 26.4. The summed E-state index contributed by atoms with van der Waals surface area (Å²) in [4.78, 5) is 20.9. The summed E-state index contributed by atoms with van der Waals surface area (Å²) >= 11 is 3.29. The van der Waals surface area contributed by atoms with Crippen LogP contribution in [0.4, 0.5) is 25.7 Å². The van der Waals surface area contributed by atoms with Crippen molar-refractivity contribution in [2.24, 2.45) is 0 Å². The predicted octanol–water partition coefficient (Wildman–Crippen LogP) is 2.60. The second kappa shape index (κ2) is 9.27. The maximum Gasteiger partial charge on any atom is 0.323 e. The van der Waals surface area contributed by atoms with Crippen molar-refractivity contribution in [3.8, 4) is 12.1 Å². The highest BCUT2D eigenvalue weighted by Gasteiger charge is 2.53. The molecule has 7 rings (SSSR count). The number of nitrogens with zero attached hydrogens (tertiary/aromatic N) is 7. The fourth-order valence-corrected chi connectivity index (χ4v) is 10.0. The van der Waals surface area contributed by atoms with E-state index in [1.165, 1.54) is 11.3 Å². The van der Waals surface area contributed by atoms with Crippen LogP contribution in [0.3, 0.4) is 0 Å². The molecule has 40 heavy (non-hydrogen) atoms. The minimum absolute atomic E-state index is 0.0484. The van der Waals surface area contributed by atoms with Gasteiger partial charge in [0.2, 0.25) is 11.9 Å². The van der Waals surface area contributed by atoms with Crippen molar-refractivity contribution >= 4 is 40.0 Å². The molecule has 2 aromatic heterocycles. The molecule has 4 atom stereocenters. The fourth-order valence-electron chi connectivity index (χ4n) is 7.23. The summed E-state index contributed by atoms with van der Waals surface area (Å²) in [5.41, 5.74) is 6.14. The van der Waals surface area contributed by atoms with Crippen LogP contribution < -0.4 is 20.3 Å². The lowest BCUT2D eigenvalue weighted by Gasteiger charge is -2.48. The first-order chi connectivity index (χ1) is 19.1. The van der Waals surface area contributed by atoms with Crippen molar-refractivity contribution < 1.29 is 18.6 Å². The number of anilines is 3. The highest BCUT2D eigenvalue weighted by Crippen LogP contribution is 2.57. The van der Waals surface area contributed by atoms with Crippen molar-refractivity contribution in [1.82, 2.24) is 19.9 Å². The van der Waals surface area contributed by atoms with Gasteiger partial charge in [-0.1, -0.05) is 0 Å². The monoisotopic (exact) mass is 590 g/mol. The molecular formula is C26H32F2N8O2S2. The zero-order valence-electron chi connectivity index (χ0n) is 22.3. The van der Waals surface area contributed by atoms with E-state index in [2.05, 4.69) is 20.9 Å². The number of aliphatic hydroxyl groups is 1. The van der Waals surface area contributed by atoms with Crippen molar-refractivity contribution in [2.45, 2.75) is 66.6 Å². The van der Waals surface area contributed by atoms with E-state index in [1.54, 1.807) is 23.6 Å². The van der Waals surface area contributed by atoms with Crippen molar-refractivity contribution in [2.75, 3.05) is 61.4 Å². The number of thiophene rings is 1. The van der Waals surface area contributed by atoms with Crippen LogP contribution >= 0.6 is 23.1 Å². The zero-order chi connectivity index (χ0) is 27.9. The molecule has 0 aliphatic carbocycles. The topological polar surface area (TPSA) is 128 Å². The van der Waals surface area contributed by atoms with Gasteiger partial charge in [-0.3, -0.25) is 4.90 Å². The summed E-state index contributed by atoms with van der Waals surface area (Å²) in [6.07, 6.45) is 0.227. The molecule has 1 spiro atoms. The van der Waals surface area contributed by atoms with Crippen molar-refractivity contribution in [3.05, 3.63) is 16.0 Å². The van der Waals surface area contributed by atoms with Crippen LogP contribution in [-0.4, -0.2) is 94.3 Å². The first-order valence-corrected chi connectivity index (χ1v) is 15.5. The Morgan fingerprint density at radius 2 is 1.88 bits per heavy atom. The number of thioether (sulfide) groups is 1. The second-order valence-corrected chi connectivity index (χ2v) is 14.6. The van der Waals surface area contributed by atoms with Crippen LogP contribution in [0.15, 0.2) is 0 Å². The normalized spacial score (nSPS) is 32.7. The molecule has 0 saturated carbocycles. The number of nitrogen functional groups attached to an aromatic ring is 1. The Bertz CT molecular complexity index is 1380. The van der Waals surface area contributed by atoms with E-state index in [4.69, 9.17) is 15.5 Å². The number of ether oxygens (including phenoxy) is 1. The number of nitriles is 1. The van der Waals surface area contributed by atoms with Gasteiger partial charge in [0.1, 0.15) is 30.0 Å². The van der Waals surface area contributed by atoms with Crippen LogP contribution in [-0.2, 0) is 10.5 Å². The average molecular weight is 591 g/mol. The van der Waals surface area contributed by atoms with E-state index in [1.807, 2.05) is 4.90 Å². The number of nitrogens with two attached hydrogens (primary N) is 1. The van der Waals surface area contributed by atoms with Crippen LogP contribution in [0.2, 0.25) is 0 Å². The molecule has 0 radical (unpaired) electrons. The van der Waals surface area contributed by atoms with Gasteiger partial charge in [-0.05, 0) is 26.3 Å². The molecule has 2 aromatic rings. The lowest BCUT2D eigenvalue weighted by Crippen LogP contribution is -2.57. The Kier molecular flexibility index (Phi) is 6.13. The predicted molar refractivity (Wildman–Crippen MR) is 149 cm³/mol. The molecule has 0 unspecified atom stereocenters. The van der Waals surface area contributed by atoms with E-state index in [0.29, 0.717) is 42.6 Å². The highest BCUT2D eigenvalue weighted by molar-refractivity contribution is 8.00. The summed E-state index contributed by atoms with van der Waals surface area (Å²) < 4.78 is 34.9. The van der Waals surface area contributed by atoms with E-state index < -0.39 is 17.9 Å². The summed E-state index contributed by atoms with van der Waals surface area (Å²) in [5, 5.41) is 21.0. The van der Waals surface area contributed by atoms with Gasteiger partial charge in [0, 0.05) is 55.2 Å². The van der Waals surface area contributed by atoms with Gasteiger partial charge in [0.05, 0.1) is 28.0 Å². The fraction of sp³-hybridized carbons (Fsp3) is 0.692. The van der Waals surface area contributed by atoms with E-state index in [9.17, 15) is 19.1 Å². The number of β-amino-alcohol motifs (C(OH)–C–C–N with tert-alkyl or cyclic N) is 1. The molecule has 3 N–H and O–H groups in total. The number of hydrogen-bond acceptors (Lipinski definition) is 12. The third kappa shape index (κ3) is 4.28. The molecule has 0 bridgehead atoms. The maximum atomic E-state index is 14.6. The number of fused-ring (bicyclic) bond motifs is 3. The average Bonchev–Trinajstić information content (AvgIpc) is 3.58. The molecule has 7 heterocycles. The van der Waals surface area contributed by atoms with Gasteiger partial charge in [-0.25, -0.2) is 8.78 Å². The Hall–Kier alpha value is -2.47. The standard InChI is InChI=1S/C26H32F2N8O2S2/c1-24(37)5-15(27)8-34(11-24)21-31-22(33-23(32-21)38-14-25-3-2-4-36(25)9-16(28)6-25)35-12-26(13-35)19-17(7-29)20(30)40-18(19)10-39-26/h15-16,37H,2-6,8-14,30H2,1H3/t15-,16-,24-,25+/m1/s1. The molecule has 4 fully saturated rings. The minimum atomic E-state index is -1.23. The van der Waals surface area contributed by atoms with Crippen molar-refractivity contribution in [1.29, 1.82) is 5.26 Å². The highest BCUT2D eigenvalue weighted by atomic mass is 32.2. The summed E-state index contributed by atoms with van der Waals surface area (Å²) in [6, 6.07) is 2.40. The number of hydrogen-bond donors (Lipinski definition) is 2. The summed E-state index contributed by atoms with van der Waals surface area (Å²) in [6.45, 7) is 4.56. The van der Waals surface area contributed by atoms with E-state index in [-0.39, 0.29) is 48.4 Å². The third-order valence-corrected chi connectivity index (χ3v) is 11.6. The molecule has 5 aliphatic heterocycles. The molecule has 214 valence electrons. The SMILES string of the molecule is C[C@@]1(O)C[C@@H](F)CN(c2nc(OC[C@@]34CCCN3C[C@H](F)C4)nc(N3CC4(C3)SCc3sc(N)c(C#N)c34)n2)C1. The van der Waals surface area contributed by atoms with Gasteiger partial charge in [-0.15, -0.1) is 23.1 Å². The smallest absolute Gasteiger partial charge is 0.323 e. The molecule has 0 aromatic carbocycles. The van der Waals surface area contributed by atoms with Gasteiger partial charge >= 0.3 is 6.01 Å². The maximum absolute atomic E-state index is 14.6. The molecule has 0 amide bonds. The Morgan fingerprint density at radius 1 is 1.12 bits per heavy atom. The zero-order valence-corrected chi connectivity index (χ0v) is 23.9. The van der Waals surface area contributed by atoms with Crippen molar-refractivity contribution in [3.63, 3.8) is 0 Å². The number of alkyl halides is 2. The van der Waals surface area contributed by atoms with Gasteiger partial charge < -0.3 is 25.4 Å².